The minimum absolute atomic E-state index is 0.00211. The fourth-order valence-electron chi connectivity index (χ4n) is 5.29. The molecule has 11 heteroatoms. The van der Waals surface area contributed by atoms with Gasteiger partial charge in [0.05, 0.1) is 24.7 Å². The summed E-state index contributed by atoms with van der Waals surface area (Å²) in [5, 5.41) is 11.8. The maximum Gasteiger partial charge on any atom is 0.335 e. The zero-order valence-corrected chi connectivity index (χ0v) is 25.9. The molecule has 2 aliphatic rings. The molecule has 0 unspecified atom stereocenters. The highest BCUT2D eigenvalue weighted by Gasteiger charge is 2.63. The van der Waals surface area contributed by atoms with Crippen molar-refractivity contribution < 1.29 is 35.4 Å². The molecule has 3 rings (SSSR count). The summed E-state index contributed by atoms with van der Waals surface area (Å²) in [6.07, 6.45) is -1.63. The highest BCUT2D eigenvalue weighted by molar-refractivity contribution is 7.86. The lowest BCUT2D eigenvalue weighted by atomic mass is 9.98. The van der Waals surface area contributed by atoms with Gasteiger partial charge < -0.3 is 22.8 Å². The van der Waals surface area contributed by atoms with Crippen molar-refractivity contribution >= 4 is 27.2 Å². The van der Waals surface area contributed by atoms with Crippen LogP contribution in [0.1, 0.15) is 61.0 Å². The van der Waals surface area contributed by atoms with Crippen molar-refractivity contribution in [2.45, 2.75) is 107 Å². The summed E-state index contributed by atoms with van der Waals surface area (Å²) < 4.78 is 57.7. The Hall–Kier alpha value is -0.636. The van der Waals surface area contributed by atoms with E-state index < -0.39 is 45.0 Å². The summed E-state index contributed by atoms with van der Waals surface area (Å²) in [6.45, 7) is 18.4. The van der Waals surface area contributed by atoms with Gasteiger partial charge in [0.2, 0.25) is 0 Å². The van der Waals surface area contributed by atoms with E-state index in [9.17, 15) is 13.5 Å². The van der Waals surface area contributed by atoms with Crippen LogP contribution in [-0.2, 0) is 32.0 Å². The van der Waals surface area contributed by atoms with Gasteiger partial charge in [-0.3, -0.25) is 4.18 Å². The highest BCUT2D eigenvalue weighted by Crippen LogP contribution is 2.48. The van der Waals surface area contributed by atoms with E-state index in [1.807, 2.05) is 6.92 Å². The van der Waals surface area contributed by atoms with Gasteiger partial charge >= 0.3 is 17.1 Å². The molecular weight excluding hydrogens is 517 g/mol. The molecule has 0 aromatic heterocycles. The molecule has 2 heterocycles. The summed E-state index contributed by atoms with van der Waals surface area (Å²) in [7, 11) is -9.82. The minimum atomic E-state index is -4.00. The monoisotopic (exact) mass is 560 g/mol. The highest BCUT2D eigenvalue weighted by atomic mass is 32.2. The molecule has 0 spiro atoms. The summed E-state index contributed by atoms with van der Waals surface area (Å²) in [5.74, 6) is 0. The van der Waals surface area contributed by atoms with Crippen molar-refractivity contribution in [3.63, 3.8) is 0 Å². The second-order valence-electron chi connectivity index (χ2n) is 11.5. The Labute approximate surface area is 219 Å². The first-order valence-corrected chi connectivity index (χ1v) is 18.3. The van der Waals surface area contributed by atoms with Gasteiger partial charge in [0, 0.05) is 0 Å². The van der Waals surface area contributed by atoms with Crippen LogP contribution in [0.4, 0.5) is 0 Å². The number of ether oxygens (including phenoxy) is 1. The number of rotatable bonds is 8. The fourth-order valence-corrected chi connectivity index (χ4v) is 17.5. The molecular formula is C25H44O8SSi2. The first-order valence-electron chi connectivity index (χ1n) is 12.9. The molecule has 0 saturated carbocycles. The van der Waals surface area contributed by atoms with E-state index in [1.165, 1.54) is 12.1 Å². The minimum Gasteiger partial charge on any atom is -0.414 e. The summed E-state index contributed by atoms with van der Waals surface area (Å²) >= 11 is 0. The Morgan fingerprint density at radius 2 is 1.47 bits per heavy atom. The largest absolute Gasteiger partial charge is 0.414 e. The zero-order chi connectivity index (χ0) is 27.1. The molecule has 8 nitrogen and oxygen atoms in total. The van der Waals surface area contributed by atoms with E-state index >= 15 is 0 Å². The van der Waals surface area contributed by atoms with E-state index in [0.29, 0.717) is 0 Å². The molecule has 206 valence electrons. The second kappa shape index (κ2) is 10.9. The van der Waals surface area contributed by atoms with Crippen LogP contribution in [0.5, 0.6) is 0 Å². The van der Waals surface area contributed by atoms with E-state index in [0.717, 1.165) is 5.56 Å². The Bertz CT molecular complexity index is 980. The lowest BCUT2D eigenvalue weighted by molar-refractivity contribution is -0.0968. The van der Waals surface area contributed by atoms with Gasteiger partial charge in [-0.15, -0.1) is 0 Å². The molecule has 0 bridgehead atoms. The van der Waals surface area contributed by atoms with E-state index in [2.05, 4.69) is 55.4 Å². The second-order valence-corrected chi connectivity index (χ2v) is 22.0. The van der Waals surface area contributed by atoms with Crippen LogP contribution in [0.25, 0.3) is 0 Å². The van der Waals surface area contributed by atoms with Crippen LogP contribution in [0.15, 0.2) is 29.2 Å². The Kier molecular flexibility index (Phi) is 9.02. The number of aryl methyl sites for hydroxylation is 1. The molecule has 1 aromatic carbocycles. The first-order chi connectivity index (χ1) is 16.6. The average Bonchev–Trinajstić information content (AvgIpc) is 3.07. The van der Waals surface area contributed by atoms with Crippen molar-refractivity contribution in [3.8, 4) is 0 Å². The molecule has 1 N–H and O–H groups in total. The van der Waals surface area contributed by atoms with Crippen molar-refractivity contribution in [2.24, 2.45) is 0 Å². The van der Waals surface area contributed by atoms with Crippen LogP contribution in [-0.4, -0.2) is 68.3 Å². The zero-order valence-electron chi connectivity index (χ0n) is 23.1. The third-order valence-corrected chi connectivity index (χ3v) is 19.0. The lowest BCUT2D eigenvalue weighted by Gasteiger charge is -2.53. The van der Waals surface area contributed by atoms with Crippen molar-refractivity contribution in [1.82, 2.24) is 0 Å². The van der Waals surface area contributed by atoms with Crippen LogP contribution in [0, 0.1) is 6.92 Å². The number of benzene rings is 1. The average molecular weight is 561 g/mol. The molecule has 2 aliphatic heterocycles. The van der Waals surface area contributed by atoms with Gasteiger partial charge in [-0.1, -0.05) is 73.1 Å². The molecule has 0 aliphatic carbocycles. The van der Waals surface area contributed by atoms with E-state index in [1.54, 1.807) is 12.1 Å². The summed E-state index contributed by atoms with van der Waals surface area (Å²) in [5.41, 5.74) is -0.0710. The first kappa shape index (κ1) is 29.9. The molecule has 0 radical (unpaired) electrons. The molecule has 2 fully saturated rings. The van der Waals surface area contributed by atoms with Crippen molar-refractivity contribution in [3.05, 3.63) is 29.8 Å². The summed E-state index contributed by atoms with van der Waals surface area (Å²) in [4.78, 5) is 0.0735. The molecule has 2 saturated heterocycles. The third-order valence-electron chi connectivity index (χ3n) is 7.51. The Morgan fingerprint density at radius 3 is 1.97 bits per heavy atom. The molecule has 1 aromatic rings. The van der Waals surface area contributed by atoms with Crippen LogP contribution < -0.4 is 0 Å². The Balaban J connectivity index is 1.95. The normalized spacial score (nSPS) is 28.5. The third kappa shape index (κ3) is 5.55. The predicted octanol–water partition coefficient (Wildman–Crippen LogP) is 4.79. The van der Waals surface area contributed by atoms with Gasteiger partial charge in [-0.2, -0.15) is 8.42 Å². The number of aliphatic hydroxyl groups is 1. The van der Waals surface area contributed by atoms with Gasteiger partial charge in [0.15, 0.2) is 0 Å². The van der Waals surface area contributed by atoms with Crippen LogP contribution in [0.3, 0.4) is 0 Å². The maximum atomic E-state index is 12.8. The summed E-state index contributed by atoms with van der Waals surface area (Å²) in [6, 6.07) is 6.47. The number of hydrogen-bond donors (Lipinski definition) is 1. The van der Waals surface area contributed by atoms with Gasteiger partial charge in [0.25, 0.3) is 10.1 Å². The standard InChI is InChI=1S/C25H44O8SSi2/c1-17(2)35(18(3)4)31-16-25(26)15-29-23(24(25)32-36(33-35,19(5)6)20(7)8)14-30-34(27,28)22-12-10-21(9)11-13-22/h10-13,17-20,23-24,26H,14-16H2,1-9H3/t23-,24-,25+/m0/s1. The van der Waals surface area contributed by atoms with Crippen LogP contribution >= 0.6 is 0 Å². The van der Waals surface area contributed by atoms with E-state index in [-0.39, 0.29) is 46.9 Å². The van der Waals surface area contributed by atoms with Gasteiger partial charge in [-0.25, -0.2) is 0 Å². The molecule has 0 amide bonds. The topological polar surface area (TPSA) is 101 Å². The van der Waals surface area contributed by atoms with Crippen molar-refractivity contribution in [1.29, 1.82) is 0 Å². The smallest absolute Gasteiger partial charge is 0.335 e. The Morgan fingerprint density at radius 1 is 0.944 bits per heavy atom. The van der Waals surface area contributed by atoms with Crippen molar-refractivity contribution in [2.75, 3.05) is 19.8 Å². The van der Waals surface area contributed by atoms with Gasteiger partial charge in [-0.05, 0) is 41.2 Å². The molecule has 36 heavy (non-hydrogen) atoms. The van der Waals surface area contributed by atoms with E-state index in [4.69, 9.17) is 21.9 Å². The lowest BCUT2D eigenvalue weighted by Crippen LogP contribution is -2.68. The molecule has 3 atom stereocenters. The SMILES string of the molecule is Cc1ccc(S(=O)(=O)OC[C@@H]2OC[C@@]3(O)CO[Si](C(C)C)(C(C)C)O[Si](C(C)C)(C(C)C)O[C@@H]23)cc1. The van der Waals surface area contributed by atoms with Crippen LogP contribution in [0.2, 0.25) is 22.2 Å². The predicted molar refractivity (Wildman–Crippen MR) is 143 cm³/mol. The number of fused-ring (bicyclic) bond motifs is 1. The number of hydrogen-bond acceptors (Lipinski definition) is 8. The fraction of sp³-hybridized carbons (Fsp3) is 0.760. The van der Waals surface area contributed by atoms with Gasteiger partial charge in [0.1, 0.15) is 17.8 Å². The quantitative estimate of drug-likeness (QED) is 0.358. The maximum absolute atomic E-state index is 12.8.